The average molecular weight is 378 g/mol. The number of para-hydroxylation sites is 1. The Balaban J connectivity index is 0.00000196. The minimum atomic E-state index is -0.358. The van der Waals surface area contributed by atoms with Gasteiger partial charge in [0.15, 0.2) is 5.82 Å². The molecule has 2 aromatic rings. The first-order valence-electron chi connectivity index (χ1n) is 9.37. The van der Waals surface area contributed by atoms with Gasteiger partial charge >= 0.3 is 0 Å². The fourth-order valence-electron chi connectivity index (χ4n) is 3.91. The molecule has 0 bridgehead atoms. The topological polar surface area (TPSA) is 71.4 Å². The minimum Gasteiger partial charge on any atom is -0.369 e. The summed E-state index contributed by atoms with van der Waals surface area (Å²) in [7, 11) is 0. The van der Waals surface area contributed by atoms with Gasteiger partial charge in [0.2, 0.25) is 5.89 Å². The van der Waals surface area contributed by atoms with Gasteiger partial charge in [0.05, 0.1) is 5.54 Å². The quantitative estimate of drug-likeness (QED) is 0.863. The largest absolute Gasteiger partial charge is 0.369 e. The van der Waals surface area contributed by atoms with Crippen LogP contribution in [0.5, 0.6) is 0 Å². The van der Waals surface area contributed by atoms with E-state index < -0.39 is 0 Å². The third kappa shape index (κ3) is 4.19. The average Bonchev–Trinajstić information content (AvgIpc) is 3.31. The van der Waals surface area contributed by atoms with Crippen LogP contribution in [0.15, 0.2) is 34.9 Å². The first kappa shape index (κ1) is 19.1. The molecule has 1 aromatic heterocycles. The summed E-state index contributed by atoms with van der Waals surface area (Å²) in [6, 6.07) is 10.6. The summed E-state index contributed by atoms with van der Waals surface area (Å²) in [6.07, 6.45) is 5.05. The van der Waals surface area contributed by atoms with E-state index in [2.05, 4.69) is 50.3 Å². The van der Waals surface area contributed by atoms with Crippen molar-refractivity contribution in [2.45, 2.75) is 37.6 Å². The maximum atomic E-state index is 6.40. The molecular formula is C19H28ClN5O. The molecule has 0 spiro atoms. The number of hydrogen-bond donors (Lipinski definition) is 1. The predicted molar refractivity (Wildman–Crippen MR) is 105 cm³/mol. The number of nitrogens with two attached hydrogens (primary N) is 1. The lowest BCUT2D eigenvalue weighted by molar-refractivity contribution is 0.248. The Morgan fingerprint density at radius 2 is 1.73 bits per heavy atom. The second kappa shape index (κ2) is 8.37. The smallest absolute Gasteiger partial charge is 0.228 e. The van der Waals surface area contributed by atoms with Crippen LogP contribution in [0.4, 0.5) is 5.69 Å². The summed E-state index contributed by atoms with van der Waals surface area (Å²) >= 11 is 0. The van der Waals surface area contributed by atoms with E-state index in [4.69, 9.17) is 10.3 Å². The van der Waals surface area contributed by atoms with Gasteiger partial charge in [-0.1, -0.05) is 36.2 Å². The molecule has 26 heavy (non-hydrogen) atoms. The van der Waals surface area contributed by atoms with Gasteiger partial charge in [0, 0.05) is 44.8 Å². The molecule has 1 saturated heterocycles. The van der Waals surface area contributed by atoms with E-state index in [1.54, 1.807) is 0 Å². The summed E-state index contributed by atoms with van der Waals surface area (Å²) < 4.78 is 5.45. The number of halogens is 1. The van der Waals surface area contributed by atoms with Gasteiger partial charge in [-0.2, -0.15) is 4.98 Å². The standard InChI is InChI=1S/C19H27N5O.ClH/c20-19(9-4-5-10-19)18-21-17(25-22-18)8-11-23-12-14-24(15-13-23)16-6-2-1-3-7-16;/h1-3,6-7H,4-5,8-15,20H2;1H. The number of hydrogen-bond acceptors (Lipinski definition) is 6. The van der Waals surface area contributed by atoms with Crippen molar-refractivity contribution in [2.24, 2.45) is 5.73 Å². The zero-order valence-electron chi connectivity index (χ0n) is 15.1. The van der Waals surface area contributed by atoms with Crippen molar-refractivity contribution in [1.29, 1.82) is 0 Å². The Hall–Kier alpha value is -1.63. The third-order valence-corrected chi connectivity index (χ3v) is 5.54. The predicted octanol–water partition coefficient (Wildman–Crippen LogP) is 2.58. The Kier molecular flexibility index (Phi) is 6.16. The van der Waals surface area contributed by atoms with Crippen molar-refractivity contribution in [3.8, 4) is 0 Å². The summed E-state index contributed by atoms with van der Waals surface area (Å²) in [6.45, 7) is 5.21. The van der Waals surface area contributed by atoms with Crippen LogP contribution < -0.4 is 10.6 Å². The van der Waals surface area contributed by atoms with Gasteiger partial charge in [-0.25, -0.2) is 0 Å². The molecule has 1 aliphatic carbocycles. The molecule has 142 valence electrons. The number of benzene rings is 1. The SMILES string of the molecule is Cl.NC1(c2noc(CCN3CCN(c4ccccc4)CC3)n2)CCCC1. The van der Waals surface area contributed by atoms with Gasteiger partial charge in [-0.3, -0.25) is 4.90 Å². The van der Waals surface area contributed by atoms with E-state index in [1.165, 1.54) is 5.69 Å². The van der Waals surface area contributed by atoms with Crippen LogP contribution in [0.3, 0.4) is 0 Å². The molecule has 1 aliphatic heterocycles. The highest BCUT2D eigenvalue weighted by atomic mass is 35.5. The highest BCUT2D eigenvalue weighted by Gasteiger charge is 2.35. The zero-order chi connectivity index (χ0) is 17.1. The van der Waals surface area contributed by atoms with Crippen LogP contribution in [-0.2, 0) is 12.0 Å². The molecule has 7 heteroatoms. The summed E-state index contributed by atoms with van der Waals surface area (Å²) in [5, 5.41) is 4.15. The maximum Gasteiger partial charge on any atom is 0.228 e. The monoisotopic (exact) mass is 377 g/mol. The fraction of sp³-hybridized carbons (Fsp3) is 0.579. The number of aromatic nitrogens is 2. The number of anilines is 1. The van der Waals surface area contributed by atoms with Crippen molar-refractivity contribution in [3.63, 3.8) is 0 Å². The fourth-order valence-corrected chi connectivity index (χ4v) is 3.91. The van der Waals surface area contributed by atoms with Crippen LogP contribution in [0.25, 0.3) is 0 Å². The van der Waals surface area contributed by atoms with Crippen LogP contribution in [0.2, 0.25) is 0 Å². The Bertz CT molecular complexity index is 678. The Morgan fingerprint density at radius 3 is 2.42 bits per heavy atom. The summed E-state index contributed by atoms with van der Waals surface area (Å²) in [5.41, 5.74) is 7.36. The normalized spacial score (nSPS) is 20.1. The lowest BCUT2D eigenvalue weighted by atomic mass is 9.99. The van der Waals surface area contributed by atoms with Gasteiger partial charge in [-0.15, -0.1) is 12.4 Å². The van der Waals surface area contributed by atoms with E-state index in [9.17, 15) is 0 Å². The Morgan fingerprint density at radius 1 is 1.04 bits per heavy atom. The van der Waals surface area contributed by atoms with Crippen molar-refractivity contribution >= 4 is 18.1 Å². The molecule has 2 heterocycles. The van der Waals surface area contributed by atoms with E-state index in [-0.39, 0.29) is 17.9 Å². The van der Waals surface area contributed by atoms with Crippen LogP contribution in [-0.4, -0.2) is 47.8 Å². The molecule has 4 rings (SSSR count). The van der Waals surface area contributed by atoms with Crippen molar-refractivity contribution < 1.29 is 4.52 Å². The van der Waals surface area contributed by atoms with E-state index in [1.807, 2.05) is 0 Å². The highest BCUT2D eigenvalue weighted by Crippen LogP contribution is 2.34. The lowest BCUT2D eigenvalue weighted by Gasteiger charge is -2.35. The summed E-state index contributed by atoms with van der Waals surface area (Å²) in [4.78, 5) is 9.48. The van der Waals surface area contributed by atoms with E-state index in [0.29, 0.717) is 5.82 Å². The highest BCUT2D eigenvalue weighted by molar-refractivity contribution is 5.85. The van der Waals surface area contributed by atoms with Gasteiger partial charge < -0.3 is 15.2 Å². The van der Waals surface area contributed by atoms with Crippen LogP contribution >= 0.6 is 12.4 Å². The van der Waals surface area contributed by atoms with Crippen molar-refractivity contribution in [3.05, 3.63) is 42.0 Å². The molecule has 1 aromatic carbocycles. The van der Waals surface area contributed by atoms with Crippen LogP contribution in [0, 0.1) is 0 Å². The van der Waals surface area contributed by atoms with Gasteiger partial charge in [-0.05, 0) is 25.0 Å². The maximum absolute atomic E-state index is 6.40. The molecular weight excluding hydrogens is 350 g/mol. The second-order valence-electron chi connectivity index (χ2n) is 7.29. The van der Waals surface area contributed by atoms with Gasteiger partial charge in [0.25, 0.3) is 0 Å². The molecule has 0 radical (unpaired) electrons. The van der Waals surface area contributed by atoms with Crippen molar-refractivity contribution in [1.82, 2.24) is 15.0 Å². The van der Waals surface area contributed by atoms with Crippen molar-refractivity contribution in [2.75, 3.05) is 37.6 Å². The first-order chi connectivity index (χ1) is 12.2. The molecule has 0 atom stereocenters. The molecule has 0 amide bonds. The molecule has 6 nitrogen and oxygen atoms in total. The Labute approximate surface area is 161 Å². The lowest BCUT2D eigenvalue weighted by Crippen LogP contribution is -2.47. The molecule has 2 N–H and O–H groups in total. The zero-order valence-corrected chi connectivity index (χ0v) is 16.0. The molecule has 2 aliphatic rings. The molecule has 2 fully saturated rings. The van der Waals surface area contributed by atoms with Gasteiger partial charge in [0.1, 0.15) is 0 Å². The molecule has 0 unspecified atom stereocenters. The number of piperazine rings is 1. The minimum absolute atomic E-state index is 0. The second-order valence-corrected chi connectivity index (χ2v) is 7.29. The summed E-state index contributed by atoms with van der Waals surface area (Å²) in [5.74, 6) is 1.42. The number of nitrogens with zero attached hydrogens (tertiary/aromatic N) is 4. The van der Waals surface area contributed by atoms with E-state index >= 15 is 0 Å². The third-order valence-electron chi connectivity index (χ3n) is 5.54. The molecule has 1 saturated carbocycles. The first-order valence-corrected chi connectivity index (χ1v) is 9.37. The number of rotatable bonds is 5. The van der Waals surface area contributed by atoms with E-state index in [0.717, 1.165) is 70.7 Å². The van der Waals surface area contributed by atoms with Crippen LogP contribution in [0.1, 0.15) is 37.4 Å².